The zero-order chi connectivity index (χ0) is 14.5. The summed E-state index contributed by atoms with van der Waals surface area (Å²) in [6, 6.07) is -0.662. The molecule has 1 aliphatic rings. The van der Waals surface area contributed by atoms with E-state index < -0.39 is 25.4 Å². The van der Waals surface area contributed by atoms with Gasteiger partial charge in [0, 0.05) is 6.66 Å². The van der Waals surface area contributed by atoms with E-state index >= 15 is 0 Å². The second-order valence-corrected chi connectivity index (χ2v) is 6.00. The number of rotatable bonds is 4. The molecule has 1 aliphatic heterocycles. The summed E-state index contributed by atoms with van der Waals surface area (Å²) >= 11 is 0. The van der Waals surface area contributed by atoms with Gasteiger partial charge in [0.05, 0.1) is 14.2 Å². The number of nitrogens with zero attached hydrogens (tertiary/aromatic N) is 2. The molecule has 0 radical (unpaired) electrons. The quantitative estimate of drug-likeness (QED) is 0.433. The van der Waals surface area contributed by atoms with Crippen molar-refractivity contribution in [1.82, 2.24) is 9.56 Å². The Hall–Kier alpha value is -0.910. The van der Waals surface area contributed by atoms with Crippen molar-refractivity contribution < 1.29 is 23.6 Å². The highest BCUT2D eigenvalue weighted by Gasteiger charge is 2.59. The van der Waals surface area contributed by atoms with Gasteiger partial charge in [-0.3, -0.25) is 14.2 Å². The molecule has 0 aromatic heterocycles. The molecule has 106 valence electrons. The van der Waals surface area contributed by atoms with E-state index in [1.54, 1.807) is 6.92 Å². The van der Waals surface area contributed by atoms with Gasteiger partial charge in [0.25, 0.3) is 0 Å². The van der Waals surface area contributed by atoms with Crippen molar-refractivity contribution in [2.75, 3.05) is 27.4 Å². The Morgan fingerprint density at radius 3 is 2.11 bits per heavy atom. The lowest BCUT2D eigenvalue weighted by Gasteiger charge is -2.08. The number of hydrogen-bond donors (Lipinski definition) is 0. The van der Waals surface area contributed by atoms with Crippen LogP contribution in [0.1, 0.15) is 20.8 Å². The number of carbonyl (C=O) groups is 2. The van der Waals surface area contributed by atoms with Gasteiger partial charge in [-0.1, -0.05) is 13.8 Å². The van der Waals surface area contributed by atoms with Crippen LogP contribution in [-0.2, 0) is 23.6 Å². The van der Waals surface area contributed by atoms with Gasteiger partial charge in [-0.15, -0.1) is 0 Å². The molecule has 1 fully saturated rings. The van der Waals surface area contributed by atoms with E-state index in [4.69, 9.17) is 0 Å². The van der Waals surface area contributed by atoms with Crippen molar-refractivity contribution in [2.45, 2.75) is 26.8 Å². The van der Waals surface area contributed by atoms with Gasteiger partial charge in [-0.2, -0.15) is 9.56 Å². The van der Waals surface area contributed by atoms with E-state index in [1.165, 1.54) is 30.4 Å². The monoisotopic (exact) mass is 280 g/mol. The van der Waals surface area contributed by atoms with E-state index in [9.17, 15) is 14.2 Å². The van der Waals surface area contributed by atoms with Gasteiger partial charge in [0.2, 0.25) is 7.44 Å². The summed E-state index contributed by atoms with van der Waals surface area (Å²) in [6.45, 7) is 6.93. The molecule has 0 aliphatic carbocycles. The van der Waals surface area contributed by atoms with E-state index in [0.717, 1.165) is 0 Å². The van der Waals surface area contributed by atoms with Gasteiger partial charge in [0.15, 0.2) is 0 Å². The fourth-order valence-electron chi connectivity index (χ4n) is 1.48. The Labute approximate surface area is 107 Å². The average molecular weight is 280 g/mol. The summed E-state index contributed by atoms with van der Waals surface area (Å²) < 4.78 is 23.6. The van der Waals surface area contributed by atoms with Crippen LogP contribution < -0.4 is 0 Å². The lowest BCUT2D eigenvalue weighted by atomic mass is 10.4. The summed E-state index contributed by atoms with van der Waals surface area (Å²) in [5.74, 6) is -0.990. The zero-order valence-corrected chi connectivity index (χ0v) is 12.6. The molecule has 0 aromatic carbocycles. The molecule has 0 aromatic rings. The molecule has 4 unspecified atom stereocenters. The van der Waals surface area contributed by atoms with Crippen LogP contribution in [0.5, 0.6) is 0 Å². The number of hydrogen-bond acceptors (Lipinski definition) is 5. The molecular weight excluding hydrogens is 259 g/mol. The molecule has 7 nitrogen and oxygen atoms in total. The van der Waals surface area contributed by atoms with Gasteiger partial charge in [0.1, 0.15) is 12.6 Å². The summed E-state index contributed by atoms with van der Waals surface area (Å²) in [5, 5.41) is 0. The Morgan fingerprint density at radius 2 is 1.72 bits per heavy atom. The van der Waals surface area contributed by atoms with Crippen molar-refractivity contribution in [1.29, 1.82) is 0 Å². The van der Waals surface area contributed by atoms with Crippen molar-refractivity contribution in [3.8, 4) is 0 Å². The zero-order valence-electron chi connectivity index (χ0n) is 11.7. The maximum absolute atomic E-state index is 11.9. The molecule has 18 heavy (non-hydrogen) atoms. The number of hydrazine groups is 1. The van der Waals surface area contributed by atoms with Crippen LogP contribution in [0.3, 0.4) is 0 Å². The van der Waals surface area contributed by atoms with Crippen molar-refractivity contribution in [2.24, 2.45) is 0 Å². The largest absolute Gasteiger partial charge is 0.468 e. The van der Waals surface area contributed by atoms with E-state index in [-0.39, 0.29) is 6.54 Å². The number of carbonyl (C=O) groups excluding carboxylic acids is 2. The maximum atomic E-state index is 11.9. The van der Waals surface area contributed by atoms with Crippen LogP contribution in [0.25, 0.3) is 0 Å². The lowest BCUT2D eigenvalue weighted by Crippen LogP contribution is -2.30. The molecule has 4 atom stereocenters. The second kappa shape index (κ2) is 6.87. The van der Waals surface area contributed by atoms with Gasteiger partial charge < -0.3 is 9.47 Å². The van der Waals surface area contributed by atoms with E-state index in [0.29, 0.717) is 0 Å². The molecule has 1 saturated heterocycles. The summed E-state index contributed by atoms with van der Waals surface area (Å²) in [7, 11) is -0.226. The molecule has 0 bridgehead atoms. The highest BCUT2D eigenvalue weighted by Crippen LogP contribution is 2.68. The highest BCUT2D eigenvalue weighted by atomic mass is 31.2. The normalized spacial score (nSPS) is 30.6. The van der Waals surface area contributed by atoms with E-state index in [2.05, 4.69) is 9.47 Å². The second-order valence-electron chi connectivity index (χ2n) is 3.46. The predicted molar refractivity (Wildman–Crippen MR) is 66.9 cm³/mol. The Kier molecular flexibility index (Phi) is 6.52. The number of methoxy groups -OCH3 is 2. The summed E-state index contributed by atoms with van der Waals surface area (Å²) in [4.78, 5) is 22.3. The third kappa shape index (κ3) is 3.54. The van der Waals surface area contributed by atoms with Crippen LogP contribution in [0.4, 0.5) is 0 Å². The topological polar surface area (TPSA) is 75.7 Å². The van der Waals surface area contributed by atoms with Gasteiger partial charge in [-0.25, -0.2) is 0 Å². The maximum Gasteiger partial charge on any atom is 0.324 e. The average Bonchev–Trinajstić information content (AvgIpc) is 2.91. The molecule has 0 amide bonds. The minimum absolute atomic E-state index is 0.119. The third-order valence-electron chi connectivity index (χ3n) is 2.40. The van der Waals surface area contributed by atoms with Crippen LogP contribution in [0.2, 0.25) is 0 Å². The first kappa shape index (κ1) is 17.1. The van der Waals surface area contributed by atoms with Crippen LogP contribution >= 0.6 is 7.44 Å². The third-order valence-corrected chi connectivity index (χ3v) is 4.76. The van der Waals surface area contributed by atoms with Gasteiger partial charge >= 0.3 is 11.9 Å². The molecule has 1 rings (SSSR count). The number of esters is 2. The molecule has 8 heteroatoms. The first-order valence-electron chi connectivity index (χ1n) is 5.66. The van der Waals surface area contributed by atoms with Crippen LogP contribution in [0, 0.1) is 0 Å². The van der Waals surface area contributed by atoms with Crippen LogP contribution in [-0.4, -0.2) is 55.0 Å². The van der Waals surface area contributed by atoms with E-state index in [1.807, 2.05) is 13.8 Å². The Balaban J connectivity index is 0.00000137. The fraction of sp³-hybridized carbons (Fsp3) is 0.800. The van der Waals surface area contributed by atoms with Gasteiger partial charge in [-0.05, 0) is 6.92 Å². The number of ether oxygens (including phenoxy) is 2. The first-order chi connectivity index (χ1) is 8.36. The predicted octanol–water partition coefficient (Wildman–Crippen LogP) is 1.10. The van der Waals surface area contributed by atoms with Crippen molar-refractivity contribution in [3.05, 3.63) is 0 Å². The summed E-state index contributed by atoms with van der Waals surface area (Å²) in [5.41, 5.74) is 0. The molecular formula is C10H21N2O5P. The lowest BCUT2D eigenvalue weighted by molar-refractivity contribution is -0.147. The smallest absolute Gasteiger partial charge is 0.324 e. The minimum atomic E-state index is -2.73. The van der Waals surface area contributed by atoms with Crippen molar-refractivity contribution >= 4 is 19.4 Å². The van der Waals surface area contributed by atoms with Crippen molar-refractivity contribution in [3.63, 3.8) is 0 Å². The standard InChI is InChI=1S/C8H15N2O5P.C2H6/c1-6(8(12)15-3)10-9(16(10,4)13)5-7(11)14-2;1-2/h6H,5H2,1-4H3;1-2H3. The molecule has 1 heterocycles. The van der Waals surface area contributed by atoms with Crippen LogP contribution in [0.15, 0.2) is 0 Å². The Morgan fingerprint density at radius 1 is 1.22 bits per heavy atom. The Bertz CT molecular complexity index is 360. The SMILES string of the molecule is CC.COC(=O)CN1N(C(C)C(=O)OC)P1(C)=O. The summed E-state index contributed by atoms with van der Waals surface area (Å²) in [6.07, 6.45) is 0. The minimum Gasteiger partial charge on any atom is -0.468 e. The highest BCUT2D eigenvalue weighted by molar-refractivity contribution is 7.64. The fourth-order valence-corrected chi connectivity index (χ4v) is 3.76. The molecule has 0 saturated carbocycles. The first-order valence-corrected chi connectivity index (χ1v) is 7.72. The molecule has 0 spiro atoms. The molecule has 0 N–H and O–H groups in total.